The standard InChI is InChI=1S/C17H16FN3O3S2/c1-2-11-3-8-14-15(9-11)25-17(19-14)21-20-16(22)10-26(23,24)13-6-4-12(18)5-7-13/h3-9H,2,10H2,1H3,(H,19,21)(H,20,22). The lowest BCUT2D eigenvalue weighted by molar-refractivity contribution is -0.118. The summed E-state index contributed by atoms with van der Waals surface area (Å²) in [6, 6.07) is 10.2. The van der Waals surface area contributed by atoms with E-state index in [9.17, 15) is 17.6 Å². The van der Waals surface area contributed by atoms with Crippen LogP contribution in [0.3, 0.4) is 0 Å². The first-order valence-corrected chi connectivity index (χ1v) is 10.3. The van der Waals surface area contributed by atoms with Crippen LogP contribution in [-0.4, -0.2) is 25.1 Å². The van der Waals surface area contributed by atoms with Crippen LogP contribution in [-0.2, 0) is 21.1 Å². The molecule has 0 unspecified atom stereocenters. The predicted molar refractivity (Wildman–Crippen MR) is 99.2 cm³/mol. The van der Waals surface area contributed by atoms with E-state index in [0.717, 1.165) is 40.9 Å². The molecular formula is C17H16FN3O3S2. The molecule has 0 saturated carbocycles. The van der Waals surface area contributed by atoms with Crippen molar-refractivity contribution in [2.75, 3.05) is 11.2 Å². The Morgan fingerprint density at radius 2 is 1.92 bits per heavy atom. The number of rotatable bonds is 6. The van der Waals surface area contributed by atoms with Crippen LogP contribution < -0.4 is 10.9 Å². The number of nitrogens with zero attached hydrogens (tertiary/aromatic N) is 1. The number of sulfone groups is 1. The summed E-state index contributed by atoms with van der Waals surface area (Å²) in [5.74, 6) is -2.03. The van der Waals surface area contributed by atoms with Crippen molar-refractivity contribution in [1.82, 2.24) is 10.4 Å². The quantitative estimate of drug-likeness (QED) is 0.497. The van der Waals surface area contributed by atoms with Crippen molar-refractivity contribution in [3.63, 3.8) is 0 Å². The highest BCUT2D eigenvalue weighted by Crippen LogP contribution is 2.26. The molecule has 3 aromatic rings. The van der Waals surface area contributed by atoms with Gasteiger partial charge in [-0.25, -0.2) is 17.8 Å². The highest BCUT2D eigenvalue weighted by molar-refractivity contribution is 7.92. The number of anilines is 1. The smallest absolute Gasteiger partial charge is 0.253 e. The fraction of sp³-hybridized carbons (Fsp3) is 0.176. The molecule has 0 bridgehead atoms. The van der Waals surface area contributed by atoms with Crippen molar-refractivity contribution in [2.45, 2.75) is 18.2 Å². The predicted octanol–water partition coefficient (Wildman–Crippen LogP) is 2.91. The summed E-state index contributed by atoms with van der Waals surface area (Å²) in [4.78, 5) is 16.2. The number of halogens is 1. The third-order valence-electron chi connectivity index (χ3n) is 3.66. The average molecular weight is 393 g/mol. The molecule has 1 amide bonds. The van der Waals surface area contributed by atoms with Crippen LogP contribution >= 0.6 is 11.3 Å². The molecule has 2 N–H and O–H groups in total. The average Bonchev–Trinajstić information content (AvgIpc) is 3.02. The molecule has 3 rings (SSSR count). The maximum absolute atomic E-state index is 12.9. The molecule has 0 aliphatic carbocycles. The molecule has 26 heavy (non-hydrogen) atoms. The van der Waals surface area contributed by atoms with Gasteiger partial charge >= 0.3 is 0 Å². The third-order valence-corrected chi connectivity index (χ3v) is 6.23. The minimum absolute atomic E-state index is 0.110. The molecule has 0 radical (unpaired) electrons. The van der Waals surface area contributed by atoms with Crippen LogP contribution in [0.5, 0.6) is 0 Å². The van der Waals surface area contributed by atoms with Crippen LogP contribution in [0.2, 0.25) is 0 Å². The minimum Gasteiger partial charge on any atom is -0.273 e. The van der Waals surface area contributed by atoms with Crippen LogP contribution in [0.25, 0.3) is 10.2 Å². The van der Waals surface area contributed by atoms with E-state index in [1.54, 1.807) is 0 Å². The van der Waals surface area contributed by atoms with Gasteiger partial charge in [0, 0.05) is 0 Å². The topological polar surface area (TPSA) is 88.2 Å². The molecular weight excluding hydrogens is 377 g/mol. The number of aromatic nitrogens is 1. The maximum atomic E-state index is 12.9. The molecule has 0 aliphatic heterocycles. The summed E-state index contributed by atoms with van der Waals surface area (Å²) < 4.78 is 38.2. The van der Waals surface area contributed by atoms with Crippen molar-refractivity contribution in [3.05, 3.63) is 53.8 Å². The first kappa shape index (κ1) is 18.3. The molecule has 1 heterocycles. The SMILES string of the molecule is CCc1ccc2nc(NNC(=O)CS(=O)(=O)c3ccc(F)cc3)sc2c1. The molecule has 0 atom stereocenters. The van der Waals surface area contributed by atoms with Crippen LogP contribution in [0.4, 0.5) is 9.52 Å². The Bertz CT molecular complexity index is 1050. The van der Waals surface area contributed by atoms with Crippen molar-refractivity contribution >= 4 is 42.4 Å². The Kier molecular flexibility index (Phi) is 5.19. The number of carbonyl (C=O) groups is 1. The van der Waals surface area contributed by atoms with Gasteiger partial charge in [0.2, 0.25) is 5.13 Å². The molecule has 0 spiro atoms. The van der Waals surface area contributed by atoms with Crippen molar-refractivity contribution in [1.29, 1.82) is 0 Å². The van der Waals surface area contributed by atoms with Crippen molar-refractivity contribution < 1.29 is 17.6 Å². The van der Waals surface area contributed by atoms with E-state index in [0.29, 0.717) is 5.13 Å². The van der Waals surface area contributed by atoms with Gasteiger partial charge < -0.3 is 0 Å². The molecule has 1 aromatic heterocycles. The van der Waals surface area contributed by atoms with Crippen molar-refractivity contribution in [3.8, 4) is 0 Å². The van der Waals surface area contributed by atoms with Gasteiger partial charge in [-0.2, -0.15) is 0 Å². The summed E-state index contributed by atoms with van der Waals surface area (Å²) in [6.07, 6.45) is 0.911. The number of nitrogens with one attached hydrogen (secondary N) is 2. The highest BCUT2D eigenvalue weighted by Gasteiger charge is 2.19. The molecule has 6 nitrogen and oxygen atoms in total. The van der Waals surface area contributed by atoms with E-state index in [-0.39, 0.29) is 4.90 Å². The van der Waals surface area contributed by atoms with E-state index >= 15 is 0 Å². The minimum atomic E-state index is -3.85. The highest BCUT2D eigenvalue weighted by atomic mass is 32.2. The maximum Gasteiger partial charge on any atom is 0.253 e. The van der Waals surface area contributed by atoms with Gasteiger partial charge in [0.05, 0.1) is 15.1 Å². The van der Waals surface area contributed by atoms with Crippen molar-refractivity contribution in [2.24, 2.45) is 0 Å². The fourth-order valence-electron chi connectivity index (χ4n) is 2.30. The van der Waals surface area contributed by atoms with Gasteiger partial charge in [-0.15, -0.1) is 0 Å². The zero-order valence-electron chi connectivity index (χ0n) is 13.8. The number of thiazole rings is 1. The lowest BCUT2D eigenvalue weighted by atomic mass is 10.2. The molecule has 0 fully saturated rings. The van der Waals surface area contributed by atoms with Gasteiger partial charge in [-0.05, 0) is 48.4 Å². The Morgan fingerprint density at radius 1 is 1.19 bits per heavy atom. The third kappa shape index (κ3) is 4.17. The molecule has 136 valence electrons. The number of fused-ring (bicyclic) bond motifs is 1. The van der Waals surface area contributed by atoms with E-state index in [1.165, 1.54) is 16.9 Å². The summed E-state index contributed by atoms with van der Waals surface area (Å²) in [5, 5.41) is 0.459. The number of hydrazine groups is 1. The number of hydrogen-bond donors (Lipinski definition) is 2. The second-order valence-corrected chi connectivity index (χ2v) is 8.58. The van der Waals surface area contributed by atoms with E-state index in [1.807, 2.05) is 18.2 Å². The summed E-state index contributed by atoms with van der Waals surface area (Å²) in [6.45, 7) is 2.06. The summed E-state index contributed by atoms with van der Waals surface area (Å²) >= 11 is 1.36. The molecule has 2 aromatic carbocycles. The van der Waals surface area contributed by atoms with E-state index in [2.05, 4.69) is 22.8 Å². The second kappa shape index (κ2) is 7.38. The first-order valence-electron chi connectivity index (χ1n) is 7.80. The number of benzene rings is 2. The summed E-state index contributed by atoms with van der Waals surface area (Å²) in [7, 11) is -3.85. The Balaban J connectivity index is 1.64. The van der Waals surface area contributed by atoms with Gasteiger partial charge in [0.1, 0.15) is 11.6 Å². The molecule has 9 heteroatoms. The fourth-order valence-corrected chi connectivity index (χ4v) is 4.32. The van der Waals surface area contributed by atoms with Crippen LogP contribution in [0, 0.1) is 5.82 Å². The molecule has 0 saturated heterocycles. The first-order chi connectivity index (χ1) is 12.4. The van der Waals surface area contributed by atoms with Gasteiger partial charge in [0.25, 0.3) is 5.91 Å². The monoisotopic (exact) mass is 393 g/mol. The second-order valence-electron chi connectivity index (χ2n) is 5.56. The normalized spacial score (nSPS) is 11.5. The lowest BCUT2D eigenvalue weighted by Crippen LogP contribution is -2.34. The molecule has 0 aliphatic rings. The lowest BCUT2D eigenvalue weighted by Gasteiger charge is -2.06. The van der Waals surface area contributed by atoms with Gasteiger partial charge in [-0.3, -0.25) is 15.6 Å². The number of aryl methyl sites for hydroxylation is 1. The van der Waals surface area contributed by atoms with Crippen LogP contribution in [0.15, 0.2) is 47.4 Å². The van der Waals surface area contributed by atoms with Crippen LogP contribution in [0.1, 0.15) is 12.5 Å². The Hall–Kier alpha value is -2.52. The van der Waals surface area contributed by atoms with Gasteiger partial charge in [0.15, 0.2) is 9.84 Å². The van der Waals surface area contributed by atoms with E-state index in [4.69, 9.17) is 0 Å². The van der Waals surface area contributed by atoms with E-state index < -0.39 is 27.3 Å². The number of hydrogen-bond acceptors (Lipinski definition) is 6. The Morgan fingerprint density at radius 3 is 2.62 bits per heavy atom. The zero-order valence-corrected chi connectivity index (χ0v) is 15.5. The zero-order chi connectivity index (χ0) is 18.7. The Labute approximate surface area is 154 Å². The largest absolute Gasteiger partial charge is 0.273 e. The van der Waals surface area contributed by atoms with Gasteiger partial charge in [-0.1, -0.05) is 24.3 Å². The summed E-state index contributed by atoms with van der Waals surface area (Å²) in [5.41, 5.74) is 6.95. The number of carbonyl (C=O) groups excluding carboxylic acids is 1. The number of amides is 1.